The zero-order chi connectivity index (χ0) is 34.1. The first-order valence-electron chi connectivity index (χ1n) is 17.0. The van der Waals surface area contributed by atoms with Crippen molar-refractivity contribution in [3.63, 3.8) is 0 Å². The minimum atomic E-state index is -1.10. The summed E-state index contributed by atoms with van der Waals surface area (Å²) >= 11 is 0. The molecule has 1 saturated heterocycles. The molecule has 1 aliphatic carbocycles. The van der Waals surface area contributed by atoms with Crippen molar-refractivity contribution in [1.29, 1.82) is 0 Å². The lowest BCUT2D eigenvalue weighted by atomic mass is 9.83. The van der Waals surface area contributed by atoms with Gasteiger partial charge in [-0.25, -0.2) is 4.79 Å². The highest BCUT2D eigenvalue weighted by atomic mass is 16.2. The van der Waals surface area contributed by atoms with Crippen LogP contribution < -0.4 is 21.3 Å². The van der Waals surface area contributed by atoms with E-state index in [4.69, 9.17) is 0 Å². The molecule has 1 aliphatic heterocycles. The van der Waals surface area contributed by atoms with E-state index in [9.17, 15) is 28.8 Å². The minimum Gasteiger partial charge on any atom is -0.349 e. The van der Waals surface area contributed by atoms with Crippen molar-refractivity contribution in [2.24, 2.45) is 17.8 Å². The lowest BCUT2D eigenvalue weighted by Gasteiger charge is -2.35. The maximum absolute atomic E-state index is 14.0. The Bertz CT molecular complexity index is 1010. The monoisotopic (exact) mass is 633 g/mol. The number of nitrogens with one attached hydrogen (secondary N) is 4. The minimum absolute atomic E-state index is 0.00192. The molecule has 0 aromatic rings. The van der Waals surface area contributed by atoms with Crippen molar-refractivity contribution in [1.82, 2.24) is 26.2 Å². The molecule has 0 bridgehead atoms. The fraction of sp³-hybridized carbons (Fsp3) is 0.765. The smallest absolute Gasteiger partial charge is 0.315 e. The highest BCUT2D eigenvalue weighted by molar-refractivity contribution is 6.38. The number of carbonyl (C=O) groups excluding carboxylic acids is 6. The Kier molecular flexibility index (Phi) is 18.3. The molecule has 2 aliphatic rings. The van der Waals surface area contributed by atoms with E-state index >= 15 is 0 Å². The molecule has 1 heterocycles. The van der Waals surface area contributed by atoms with Gasteiger partial charge in [0.2, 0.25) is 17.6 Å². The number of amides is 5. The van der Waals surface area contributed by atoms with Gasteiger partial charge < -0.3 is 26.2 Å². The molecule has 1 saturated carbocycles. The number of likely N-dealkylation sites (tertiary alicyclic amines) is 1. The third-order valence-corrected chi connectivity index (χ3v) is 8.03. The normalized spacial score (nSPS) is 19.5. The molecule has 0 spiro atoms. The Morgan fingerprint density at radius 1 is 0.933 bits per heavy atom. The summed E-state index contributed by atoms with van der Waals surface area (Å²) in [5.41, 5.74) is 0. The van der Waals surface area contributed by atoms with Gasteiger partial charge in [0.15, 0.2) is 0 Å². The van der Waals surface area contributed by atoms with Gasteiger partial charge in [0.05, 0.1) is 6.04 Å². The molecule has 0 aromatic carbocycles. The average Bonchev–Trinajstić information content (AvgIpc) is 3.39. The first-order chi connectivity index (χ1) is 21.3. The molecule has 11 nitrogen and oxygen atoms in total. The largest absolute Gasteiger partial charge is 0.349 e. The number of allylic oxidation sites excluding steroid dienone is 1. The Morgan fingerprint density at radius 2 is 1.58 bits per heavy atom. The molecule has 4 atom stereocenters. The molecule has 45 heavy (non-hydrogen) atoms. The molecular formula is C34H59N5O6. The van der Waals surface area contributed by atoms with Crippen LogP contribution >= 0.6 is 0 Å². The number of hydrogen-bond donors (Lipinski definition) is 4. The predicted octanol–water partition coefficient (Wildman–Crippen LogP) is 4.05. The van der Waals surface area contributed by atoms with Crippen LogP contribution in [0.2, 0.25) is 0 Å². The Balaban J connectivity index is 0.00000496. The number of Topliss-reactive ketones (excluding diaryl/α,β-unsaturated/α-hetero) is 2. The molecule has 2 rings (SSSR count). The van der Waals surface area contributed by atoms with Crippen LogP contribution in [-0.4, -0.2) is 77.5 Å². The van der Waals surface area contributed by atoms with E-state index in [0.29, 0.717) is 25.8 Å². The number of rotatable bonds is 16. The molecule has 11 heteroatoms. The molecule has 256 valence electrons. The van der Waals surface area contributed by atoms with Crippen molar-refractivity contribution >= 4 is 35.3 Å². The van der Waals surface area contributed by atoms with E-state index in [1.54, 1.807) is 6.08 Å². The summed E-state index contributed by atoms with van der Waals surface area (Å²) in [6.45, 7) is 17.6. The van der Waals surface area contributed by atoms with Crippen molar-refractivity contribution in [3.05, 3.63) is 12.7 Å². The number of nitrogens with zero attached hydrogens (tertiary/aromatic N) is 1. The van der Waals surface area contributed by atoms with Gasteiger partial charge in [-0.15, -0.1) is 6.58 Å². The van der Waals surface area contributed by atoms with Gasteiger partial charge in [-0.2, -0.15) is 0 Å². The third kappa shape index (κ3) is 13.7. The number of hydrogen-bond acceptors (Lipinski definition) is 6. The Morgan fingerprint density at radius 3 is 2.16 bits per heavy atom. The van der Waals surface area contributed by atoms with E-state index in [1.165, 1.54) is 4.90 Å². The predicted molar refractivity (Wildman–Crippen MR) is 176 cm³/mol. The summed E-state index contributed by atoms with van der Waals surface area (Å²) in [7, 11) is 0. The summed E-state index contributed by atoms with van der Waals surface area (Å²) in [6, 6.07) is -3.22. The van der Waals surface area contributed by atoms with Gasteiger partial charge >= 0.3 is 6.03 Å². The van der Waals surface area contributed by atoms with Crippen molar-refractivity contribution < 1.29 is 28.8 Å². The number of ketones is 2. The zero-order valence-electron chi connectivity index (χ0n) is 28.7. The summed E-state index contributed by atoms with van der Waals surface area (Å²) in [5.74, 6) is -2.26. The fourth-order valence-corrected chi connectivity index (χ4v) is 5.95. The van der Waals surface area contributed by atoms with Crippen molar-refractivity contribution in [2.75, 3.05) is 13.1 Å². The Hall–Kier alpha value is -3.24. The summed E-state index contributed by atoms with van der Waals surface area (Å²) in [5, 5.41) is 10.9. The third-order valence-electron chi connectivity index (χ3n) is 8.03. The summed E-state index contributed by atoms with van der Waals surface area (Å²) < 4.78 is 0. The van der Waals surface area contributed by atoms with Crippen LogP contribution in [0.3, 0.4) is 0 Å². The maximum atomic E-state index is 14.0. The second-order valence-electron chi connectivity index (χ2n) is 12.9. The van der Waals surface area contributed by atoms with Gasteiger partial charge in [-0.3, -0.25) is 24.0 Å². The van der Waals surface area contributed by atoms with Crippen LogP contribution in [0.25, 0.3) is 0 Å². The molecule has 4 N–H and O–H groups in total. The van der Waals surface area contributed by atoms with Gasteiger partial charge in [0, 0.05) is 32.0 Å². The number of urea groups is 1. The summed E-state index contributed by atoms with van der Waals surface area (Å²) in [6.07, 6.45) is 7.76. The van der Waals surface area contributed by atoms with Gasteiger partial charge in [-0.05, 0) is 63.7 Å². The second-order valence-corrected chi connectivity index (χ2v) is 12.9. The van der Waals surface area contributed by atoms with Crippen LogP contribution in [0.1, 0.15) is 113 Å². The van der Waals surface area contributed by atoms with Crippen molar-refractivity contribution in [3.8, 4) is 0 Å². The van der Waals surface area contributed by atoms with Crippen LogP contribution in [0, 0.1) is 17.8 Å². The molecule has 4 unspecified atom stereocenters. The average molecular weight is 634 g/mol. The summed E-state index contributed by atoms with van der Waals surface area (Å²) in [4.78, 5) is 79.5. The first-order valence-corrected chi connectivity index (χ1v) is 17.0. The fourth-order valence-electron chi connectivity index (χ4n) is 5.95. The van der Waals surface area contributed by atoms with Gasteiger partial charge in [0.1, 0.15) is 17.9 Å². The van der Waals surface area contributed by atoms with Crippen molar-refractivity contribution in [2.45, 2.75) is 137 Å². The van der Waals surface area contributed by atoms with Crippen LogP contribution in [-0.2, 0) is 24.0 Å². The molecular weight excluding hydrogens is 574 g/mol. The topological polar surface area (TPSA) is 154 Å². The lowest BCUT2D eigenvalue weighted by molar-refractivity contribution is -0.143. The molecule has 2 fully saturated rings. The maximum Gasteiger partial charge on any atom is 0.315 e. The lowest BCUT2D eigenvalue weighted by Crippen LogP contribution is -2.59. The number of carbonyl (C=O) groups is 6. The van der Waals surface area contributed by atoms with E-state index in [2.05, 4.69) is 27.8 Å². The SMILES string of the molecule is C=CCCC(NC(=O)C1CC(C)CN1C(=O)C(NC(=O)NC(C)C)C1CCCCC1)C(=O)C(=O)NCCC(=O)CC(C)C.CC. The molecule has 0 radical (unpaired) electrons. The molecule has 0 aromatic heterocycles. The first kappa shape index (κ1) is 39.8. The van der Waals surface area contributed by atoms with Gasteiger partial charge in [0.25, 0.3) is 5.91 Å². The second kappa shape index (κ2) is 20.7. The molecule has 5 amide bonds. The highest BCUT2D eigenvalue weighted by Gasteiger charge is 2.43. The van der Waals surface area contributed by atoms with Crippen LogP contribution in [0.5, 0.6) is 0 Å². The van der Waals surface area contributed by atoms with Gasteiger partial charge in [-0.1, -0.05) is 60.0 Å². The van der Waals surface area contributed by atoms with E-state index in [-0.39, 0.29) is 54.9 Å². The highest BCUT2D eigenvalue weighted by Crippen LogP contribution is 2.30. The van der Waals surface area contributed by atoms with Crippen LogP contribution in [0.4, 0.5) is 4.79 Å². The van der Waals surface area contributed by atoms with E-state index < -0.39 is 41.8 Å². The van der Waals surface area contributed by atoms with E-state index in [1.807, 2.05) is 48.5 Å². The Labute approximate surface area is 270 Å². The van der Waals surface area contributed by atoms with E-state index in [0.717, 1.165) is 32.1 Å². The van der Waals surface area contributed by atoms with Crippen LogP contribution in [0.15, 0.2) is 12.7 Å². The zero-order valence-corrected chi connectivity index (χ0v) is 28.7. The quantitative estimate of drug-likeness (QED) is 0.149. The standard InChI is InChI=1S/C32H53N5O6.C2H6/c1-7-8-14-25(28(39)30(41)33-16-15-24(38)17-20(2)3)35-29(40)26-18-22(6)19-37(26)31(42)27(23-12-10-9-11-13-23)36-32(43)34-21(4)5;1-2/h7,20-23,25-27H,1,8-19H2,2-6H3,(H,33,41)(H,35,40)(H2,34,36,43);1-2H3.